The number of carbonyl (C=O) groups excluding carboxylic acids is 1. The maximum atomic E-state index is 12.2. The summed E-state index contributed by atoms with van der Waals surface area (Å²) < 4.78 is 0. The lowest BCUT2D eigenvalue weighted by atomic mass is 10.2. The third-order valence-corrected chi connectivity index (χ3v) is 4.79. The zero-order valence-corrected chi connectivity index (χ0v) is 12.7. The summed E-state index contributed by atoms with van der Waals surface area (Å²) in [6.45, 7) is 3.85. The van der Waals surface area contributed by atoms with Crippen molar-refractivity contribution >= 4 is 22.4 Å². The van der Waals surface area contributed by atoms with Crippen LogP contribution in [0, 0.1) is 6.92 Å². The maximum absolute atomic E-state index is 12.2. The number of rotatable bonds is 4. The van der Waals surface area contributed by atoms with Crippen LogP contribution in [0.3, 0.4) is 0 Å². The molecule has 1 atom stereocenters. The number of hydrogen-bond donors (Lipinski definition) is 1. The van der Waals surface area contributed by atoms with Crippen LogP contribution in [0.15, 0.2) is 0 Å². The lowest BCUT2D eigenvalue weighted by Crippen LogP contribution is -2.40. The summed E-state index contributed by atoms with van der Waals surface area (Å²) >= 11 is 1.41. The van der Waals surface area contributed by atoms with Crippen molar-refractivity contribution < 1.29 is 4.79 Å². The standard InChI is InChI=1S/C13H22N4OS/c1-9-11(19-13(14)15-9)7-12(18)17(3)8-10-5-4-6-16(10)2/h10H,4-8H2,1-3H3,(H2,14,15). The van der Waals surface area contributed by atoms with E-state index < -0.39 is 0 Å². The molecule has 1 aliphatic rings. The fraction of sp³-hybridized carbons (Fsp3) is 0.692. The van der Waals surface area contributed by atoms with E-state index in [1.807, 2.05) is 18.9 Å². The molecule has 2 rings (SSSR count). The van der Waals surface area contributed by atoms with Crippen molar-refractivity contribution in [1.29, 1.82) is 0 Å². The minimum atomic E-state index is 0.145. The minimum Gasteiger partial charge on any atom is -0.375 e. The number of nitrogens with two attached hydrogens (primary N) is 1. The van der Waals surface area contributed by atoms with Crippen LogP contribution < -0.4 is 5.73 Å². The molecule has 0 bridgehead atoms. The van der Waals surface area contributed by atoms with E-state index in [0.29, 0.717) is 17.6 Å². The molecule has 1 unspecified atom stereocenters. The van der Waals surface area contributed by atoms with Crippen molar-refractivity contribution in [3.05, 3.63) is 10.6 Å². The number of anilines is 1. The van der Waals surface area contributed by atoms with Crippen molar-refractivity contribution in [3.63, 3.8) is 0 Å². The zero-order valence-electron chi connectivity index (χ0n) is 11.8. The lowest BCUT2D eigenvalue weighted by Gasteiger charge is -2.25. The highest BCUT2D eigenvalue weighted by Crippen LogP contribution is 2.21. The molecule has 1 saturated heterocycles. The number of thiazole rings is 1. The summed E-state index contributed by atoms with van der Waals surface area (Å²) in [5.41, 5.74) is 6.53. The molecule has 5 nitrogen and oxygen atoms in total. The molecule has 1 aromatic heterocycles. The molecule has 0 aliphatic carbocycles. The predicted octanol–water partition coefficient (Wildman–Crippen LogP) is 1.13. The van der Waals surface area contributed by atoms with Crippen molar-refractivity contribution in [3.8, 4) is 0 Å². The molecule has 0 saturated carbocycles. The fourth-order valence-corrected chi connectivity index (χ4v) is 3.34. The number of nitrogens with zero attached hydrogens (tertiary/aromatic N) is 3. The van der Waals surface area contributed by atoms with Gasteiger partial charge in [0, 0.05) is 24.5 Å². The summed E-state index contributed by atoms with van der Waals surface area (Å²) in [5.74, 6) is 0.145. The number of nitrogen functional groups attached to an aromatic ring is 1. The summed E-state index contributed by atoms with van der Waals surface area (Å²) in [6.07, 6.45) is 2.82. The average Bonchev–Trinajstić information content (AvgIpc) is 2.86. The molecule has 0 spiro atoms. The molecule has 1 aliphatic heterocycles. The van der Waals surface area contributed by atoms with Crippen LogP contribution in [-0.2, 0) is 11.2 Å². The van der Waals surface area contributed by atoms with Crippen molar-refractivity contribution in [1.82, 2.24) is 14.8 Å². The van der Waals surface area contributed by atoms with Gasteiger partial charge in [0.1, 0.15) is 0 Å². The molecule has 1 fully saturated rings. The molecule has 2 heterocycles. The van der Waals surface area contributed by atoms with Gasteiger partial charge >= 0.3 is 0 Å². The van der Waals surface area contributed by atoms with Crippen LogP contribution >= 0.6 is 11.3 Å². The first kappa shape index (κ1) is 14.3. The Morgan fingerprint density at radius 3 is 2.89 bits per heavy atom. The van der Waals surface area contributed by atoms with Gasteiger partial charge in [0.15, 0.2) is 5.13 Å². The normalized spacial score (nSPS) is 19.8. The van der Waals surface area contributed by atoms with Gasteiger partial charge in [0.25, 0.3) is 0 Å². The number of likely N-dealkylation sites (N-methyl/N-ethyl adjacent to an activating group) is 2. The van der Waals surface area contributed by atoms with Crippen LogP contribution in [0.2, 0.25) is 0 Å². The minimum absolute atomic E-state index is 0.145. The summed E-state index contributed by atoms with van der Waals surface area (Å²) in [4.78, 5) is 21.5. The van der Waals surface area contributed by atoms with Crippen molar-refractivity contribution in [2.24, 2.45) is 0 Å². The van der Waals surface area contributed by atoms with E-state index >= 15 is 0 Å². The number of hydrogen-bond acceptors (Lipinski definition) is 5. The Hall–Kier alpha value is -1.14. The van der Waals surface area contributed by atoms with E-state index in [2.05, 4.69) is 16.9 Å². The third-order valence-electron chi connectivity index (χ3n) is 3.80. The first-order valence-corrected chi connectivity index (χ1v) is 7.45. The van der Waals surface area contributed by atoms with E-state index in [1.165, 1.54) is 24.2 Å². The second kappa shape index (κ2) is 5.88. The average molecular weight is 282 g/mol. The second-order valence-electron chi connectivity index (χ2n) is 5.29. The number of aryl methyl sites for hydroxylation is 1. The predicted molar refractivity (Wildman–Crippen MR) is 78.3 cm³/mol. The first-order chi connectivity index (χ1) is 8.97. The van der Waals surface area contributed by atoms with Gasteiger partial charge in [-0.2, -0.15) is 0 Å². The van der Waals surface area contributed by atoms with Crippen LogP contribution in [0.4, 0.5) is 5.13 Å². The van der Waals surface area contributed by atoms with Gasteiger partial charge in [-0.1, -0.05) is 0 Å². The Morgan fingerprint density at radius 2 is 2.37 bits per heavy atom. The highest BCUT2D eigenvalue weighted by atomic mass is 32.1. The Labute approximate surface area is 118 Å². The van der Waals surface area contributed by atoms with E-state index in [4.69, 9.17) is 5.73 Å². The molecule has 2 N–H and O–H groups in total. The van der Waals surface area contributed by atoms with E-state index in [1.54, 1.807) is 0 Å². The Kier molecular flexibility index (Phi) is 4.42. The zero-order chi connectivity index (χ0) is 14.0. The van der Waals surface area contributed by atoms with Crippen LogP contribution in [0.5, 0.6) is 0 Å². The molecule has 1 amide bonds. The molecule has 0 aromatic carbocycles. The highest BCUT2D eigenvalue weighted by Gasteiger charge is 2.24. The summed E-state index contributed by atoms with van der Waals surface area (Å²) in [5, 5.41) is 0.540. The third kappa shape index (κ3) is 3.45. The van der Waals surface area contributed by atoms with Gasteiger partial charge in [0.2, 0.25) is 5.91 Å². The quantitative estimate of drug-likeness (QED) is 0.899. The first-order valence-electron chi connectivity index (χ1n) is 6.63. The summed E-state index contributed by atoms with van der Waals surface area (Å²) in [7, 11) is 4.01. The molecule has 19 heavy (non-hydrogen) atoms. The van der Waals surface area contributed by atoms with Crippen LogP contribution in [0.25, 0.3) is 0 Å². The van der Waals surface area contributed by atoms with Crippen LogP contribution in [0.1, 0.15) is 23.4 Å². The molecule has 6 heteroatoms. The van der Waals surface area contributed by atoms with Crippen molar-refractivity contribution in [2.45, 2.75) is 32.2 Å². The topological polar surface area (TPSA) is 62.5 Å². The van der Waals surface area contributed by atoms with Gasteiger partial charge in [-0.3, -0.25) is 4.79 Å². The van der Waals surface area contributed by atoms with E-state index in [9.17, 15) is 4.79 Å². The second-order valence-corrected chi connectivity index (χ2v) is 6.40. The number of likely N-dealkylation sites (tertiary alicyclic amines) is 1. The van der Waals surface area contributed by atoms with E-state index in [-0.39, 0.29) is 5.91 Å². The van der Waals surface area contributed by atoms with Gasteiger partial charge in [-0.15, -0.1) is 11.3 Å². The van der Waals surface area contributed by atoms with E-state index in [0.717, 1.165) is 23.7 Å². The summed E-state index contributed by atoms with van der Waals surface area (Å²) in [6, 6.07) is 0.501. The Morgan fingerprint density at radius 1 is 1.63 bits per heavy atom. The maximum Gasteiger partial charge on any atom is 0.227 e. The molecular formula is C13H22N4OS. The van der Waals surface area contributed by atoms with Gasteiger partial charge < -0.3 is 15.5 Å². The smallest absolute Gasteiger partial charge is 0.227 e. The van der Waals surface area contributed by atoms with Crippen LogP contribution in [-0.4, -0.2) is 53.9 Å². The lowest BCUT2D eigenvalue weighted by molar-refractivity contribution is -0.129. The van der Waals surface area contributed by atoms with Gasteiger partial charge in [-0.25, -0.2) is 4.98 Å². The number of amides is 1. The molecule has 0 radical (unpaired) electrons. The number of aromatic nitrogens is 1. The SMILES string of the molecule is Cc1nc(N)sc1CC(=O)N(C)CC1CCCN1C. The van der Waals surface area contributed by atoms with Crippen molar-refractivity contribution in [2.75, 3.05) is 32.9 Å². The highest BCUT2D eigenvalue weighted by molar-refractivity contribution is 7.15. The van der Waals surface area contributed by atoms with Gasteiger partial charge in [0.05, 0.1) is 12.1 Å². The fourth-order valence-electron chi connectivity index (χ4n) is 2.51. The Balaban J connectivity index is 1.90. The Bertz CT molecular complexity index is 459. The number of carbonyl (C=O) groups is 1. The molecule has 1 aromatic rings. The monoisotopic (exact) mass is 282 g/mol. The van der Waals surface area contributed by atoms with Gasteiger partial charge in [-0.05, 0) is 33.4 Å². The molecular weight excluding hydrogens is 260 g/mol. The molecule has 106 valence electrons. The largest absolute Gasteiger partial charge is 0.375 e.